The molecule has 1 fully saturated rings. The molecular formula is C17H28N2. The molecule has 2 heteroatoms. The van der Waals surface area contributed by atoms with Crippen molar-refractivity contribution in [1.29, 1.82) is 0 Å². The fourth-order valence-electron chi connectivity index (χ4n) is 3.15. The van der Waals surface area contributed by atoms with Crippen LogP contribution in [0.25, 0.3) is 0 Å². The molecule has 2 nitrogen and oxygen atoms in total. The fraction of sp³-hybridized carbons (Fsp3) is 0.706. The molecule has 1 aromatic heterocycles. The second-order valence-corrected chi connectivity index (χ2v) is 6.23. The molecule has 0 amide bonds. The van der Waals surface area contributed by atoms with Gasteiger partial charge in [-0.3, -0.25) is 4.98 Å². The molecule has 106 valence electrons. The van der Waals surface area contributed by atoms with Gasteiger partial charge in [0.2, 0.25) is 0 Å². The van der Waals surface area contributed by atoms with Gasteiger partial charge in [-0.25, -0.2) is 0 Å². The van der Waals surface area contributed by atoms with E-state index in [1.165, 1.54) is 37.8 Å². The fourth-order valence-corrected chi connectivity index (χ4v) is 3.15. The molecule has 0 saturated heterocycles. The van der Waals surface area contributed by atoms with Crippen molar-refractivity contribution < 1.29 is 0 Å². The SMILES string of the molecule is CC(C)C1CCCC(NCCc2ccccn2)CC1. The van der Waals surface area contributed by atoms with Crippen LogP contribution < -0.4 is 5.32 Å². The van der Waals surface area contributed by atoms with E-state index in [0.717, 1.165) is 30.8 Å². The quantitative estimate of drug-likeness (QED) is 0.814. The van der Waals surface area contributed by atoms with Crippen molar-refractivity contribution in [2.45, 2.75) is 58.4 Å². The van der Waals surface area contributed by atoms with Gasteiger partial charge in [0.1, 0.15) is 0 Å². The van der Waals surface area contributed by atoms with Crippen LogP contribution in [0.3, 0.4) is 0 Å². The van der Waals surface area contributed by atoms with Gasteiger partial charge >= 0.3 is 0 Å². The number of aromatic nitrogens is 1. The van der Waals surface area contributed by atoms with Crippen LogP contribution in [0.2, 0.25) is 0 Å². The van der Waals surface area contributed by atoms with E-state index in [-0.39, 0.29) is 0 Å². The molecule has 1 saturated carbocycles. The van der Waals surface area contributed by atoms with Gasteiger partial charge in [-0.05, 0) is 43.2 Å². The zero-order valence-electron chi connectivity index (χ0n) is 12.4. The van der Waals surface area contributed by atoms with Gasteiger partial charge in [-0.15, -0.1) is 0 Å². The third-order valence-corrected chi connectivity index (χ3v) is 4.50. The van der Waals surface area contributed by atoms with E-state index in [4.69, 9.17) is 0 Å². The summed E-state index contributed by atoms with van der Waals surface area (Å²) in [5.74, 6) is 1.80. The molecule has 0 spiro atoms. The van der Waals surface area contributed by atoms with Crippen molar-refractivity contribution in [1.82, 2.24) is 10.3 Å². The second kappa shape index (κ2) is 7.64. The molecular weight excluding hydrogens is 232 g/mol. The topological polar surface area (TPSA) is 24.9 Å². The van der Waals surface area contributed by atoms with Crippen LogP contribution in [0.5, 0.6) is 0 Å². The van der Waals surface area contributed by atoms with Crippen molar-refractivity contribution in [3.05, 3.63) is 30.1 Å². The number of hydrogen-bond donors (Lipinski definition) is 1. The number of nitrogens with one attached hydrogen (secondary N) is 1. The predicted octanol–water partition coefficient (Wildman–Crippen LogP) is 3.82. The van der Waals surface area contributed by atoms with Crippen molar-refractivity contribution in [3.63, 3.8) is 0 Å². The number of hydrogen-bond acceptors (Lipinski definition) is 2. The normalized spacial score (nSPS) is 24.4. The van der Waals surface area contributed by atoms with Crippen LogP contribution in [0.15, 0.2) is 24.4 Å². The maximum absolute atomic E-state index is 4.38. The standard InChI is InChI=1S/C17H28N2/c1-14(2)15-6-5-8-16(10-9-15)19-13-11-17-7-3-4-12-18-17/h3-4,7,12,14-16,19H,5-6,8-11,13H2,1-2H3. The molecule has 1 aromatic rings. The van der Waals surface area contributed by atoms with Crippen LogP contribution in [0, 0.1) is 11.8 Å². The Bertz CT molecular complexity index is 348. The molecule has 1 N–H and O–H groups in total. The molecule has 1 heterocycles. The van der Waals surface area contributed by atoms with Gasteiger partial charge in [-0.1, -0.05) is 32.8 Å². The number of rotatable bonds is 5. The second-order valence-electron chi connectivity index (χ2n) is 6.23. The molecule has 2 atom stereocenters. The monoisotopic (exact) mass is 260 g/mol. The Morgan fingerprint density at radius 2 is 2.11 bits per heavy atom. The Balaban J connectivity index is 1.69. The lowest BCUT2D eigenvalue weighted by Gasteiger charge is -2.19. The summed E-state index contributed by atoms with van der Waals surface area (Å²) < 4.78 is 0. The smallest absolute Gasteiger partial charge is 0.0416 e. The highest BCUT2D eigenvalue weighted by molar-refractivity contribution is 5.03. The van der Waals surface area contributed by atoms with Gasteiger partial charge in [0, 0.05) is 30.9 Å². The van der Waals surface area contributed by atoms with E-state index in [1.54, 1.807) is 0 Å². The molecule has 19 heavy (non-hydrogen) atoms. The average molecular weight is 260 g/mol. The van der Waals surface area contributed by atoms with Crippen molar-refractivity contribution in [2.24, 2.45) is 11.8 Å². The van der Waals surface area contributed by atoms with Crippen LogP contribution in [0.1, 0.15) is 51.6 Å². The number of nitrogens with zero attached hydrogens (tertiary/aromatic N) is 1. The first kappa shape index (κ1) is 14.5. The Morgan fingerprint density at radius 1 is 1.21 bits per heavy atom. The maximum atomic E-state index is 4.38. The summed E-state index contributed by atoms with van der Waals surface area (Å²) in [6.45, 7) is 5.81. The lowest BCUT2D eigenvalue weighted by atomic mass is 9.89. The molecule has 0 aliphatic heterocycles. The summed E-state index contributed by atoms with van der Waals surface area (Å²) in [4.78, 5) is 4.38. The van der Waals surface area contributed by atoms with Gasteiger partial charge in [0.05, 0.1) is 0 Å². The van der Waals surface area contributed by atoms with E-state index in [9.17, 15) is 0 Å². The van der Waals surface area contributed by atoms with E-state index in [2.05, 4.69) is 36.3 Å². The maximum Gasteiger partial charge on any atom is 0.0416 e. The largest absolute Gasteiger partial charge is 0.314 e. The third-order valence-electron chi connectivity index (χ3n) is 4.50. The van der Waals surface area contributed by atoms with Gasteiger partial charge in [-0.2, -0.15) is 0 Å². The first-order valence-electron chi connectivity index (χ1n) is 7.89. The van der Waals surface area contributed by atoms with Crippen molar-refractivity contribution in [2.75, 3.05) is 6.54 Å². The zero-order chi connectivity index (χ0) is 13.5. The summed E-state index contributed by atoms with van der Waals surface area (Å²) in [5.41, 5.74) is 1.20. The summed E-state index contributed by atoms with van der Waals surface area (Å²) in [6.07, 6.45) is 9.86. The third kappa shape index (κ3) is 4.94. The highest BCUT2D eigenvalue weighted by Crippen LogP contribution is 2.28. The lowest BCUT2D eigenvalue weighted by molar-refractivity contribution is 0.338. The average Bonchev–Trinajstić information content (AvgIpc) is 2.66. The summed E-state index contributed by atoms with van der Waals surface area (Å²) in [5, 5.41) is 3.73. The minimum atomic E-state index is 0.729. The van der Waals surface area contributed by atoms with Gasteiger partial charge in [0.15, 0.2) is 0 Å². The first-order chi connectivity index (χ1) is 9.25. The van der Waals surface area contributed by atoms with E-state index in [1.807, 2.05) is 12.3 Å². The molecule has 2 rings (SSSR count). The van der Waals surface area contributed by atoms with Crippen LogP contribution in [-0.2, 0) is 6.42 Å². The van der Waals surface area contributed by atoms with Crippen molar-refractivity contribution in [3.8, 4) is 0 Å². The summed E-state index contributed by atoms with van der Waals surface area (Å²) >= 11 is 0. The molecule has 1 aliphatic carbocycles. The molecule has 0 radical (unpaired) electrons. The van der Waals surface area contributed by atoms with Crippen molar-refractivity contribution >= 4 is 0 Å². The Labute approximate surface area is 118 Å². The zero-order valence-corrected chi connectivity index (χ0v) is 12.4. The van der Waals surface area contributed by atoms with Crippen LogP contribution in [0.4, 0.5) is 0 Å². The molecule has 0 bridgehead atoms. The predicted molar refractivity (Wildman–Crippen MR) is 81.1 cm³/mol. The van der Waals surface area contributed by atoms with Gasteiger partial charge in [0.25, 0.3) is 0 Å². The Morgan fingerprint density at radius 3 is 2.84 bits per heavy atom. The summed E-state index contributed by atoms with van der Waals surface area (Å²) in [6, 6.07) is 6.89. The minimum absolute atomic E-state index is 0.729. The highest BCUT2D eigenvalue weighted by atomic mass is 14.9. The molecule has 1 aliphatic rings. The first-order valence-corrected chi connectivity index (χ1v) is 7.89. The van der Waals surface area contributed by atoms with Gasteiger partial charge < -0.3 is 5.32 Å². The number of pyridine rings is 1. The van der Waals surface area contributed by atoms with Crippen LogP contribution in [-0.4, -0.2) is 17.6 Å². The van der Waals surface area contributed by atoms with Crippen LogP contribution >= 0.6 is 0 Å². The van der Waals surface area contributed by atoms with E-state index < -0.39 is 0 Å². The van der Waals surface area contributed by atoms with E-state index >= 15 is 0 Å². The Hall–Kier alpha value is -0.890. The highest BCUT2D eigenvalue weighted by Gasteiger charge is 2.20. The van der Waals surface area contributed by atoms with E-state index in [0.29, 0.717) is 0 Å². The molecule has 2 unspecified atom stereocenters. The summed E-state index contributed by atoms with van der Waals surface area (Å²) in [7, 11) is 0. The minimum Gasteiger partial charge on any atom is -0.314 e. The molecule has 0 aromatic carbocycles. The lowest BCUT2D eigenvalue weighted by Crippen LogP contribution is -2.30. The Kier molecular flexibility index (Phi) is 5.84.